The standard InChI is InChI=1S/C15H17F3N4O2/c1-4-24-9(3)14-13(8(2)7-23)10(6-19-22-14)11-5-12(21-20-11)15(16,17)18/h5-6,8,23H,3-4,7H2,1-2H3,(H,20,21). The maximum absolute atomic E-state index is 12.8. The zero-order chi connectivity index (χ0) is 17.9. The monoisotopic (exact) mass is 342 g/mol. The molecule has 0 aliphatic carbocycles. The SMILES string of the molecule is C=C(OCC)c1nncc(-c2cc(C(F)(F)F)n[nH]2)c1C(C)CO. The fourth-order valence-electron chi connectivity index (χ4n) is 2.25. The summed E-state index contributed by atoms with van der Waals surface area (Å²) in [5.41, 5.74) is 0.216. The van der Waals surface area contributed by atoms with Crippen LogP contribution in [0.1, 0.15) is 36.7 Å². The molecule has 0 amide bonds. The summed E-state index contributed by atoms with van der Waals surface area (Å²) in [6.45, 7) is 7.35. The van der Waals surface area contributed by atoms with Crippen molar-refractivity contribution in [2.24, 2.45) is 0 Å². The van der Waals surface area contributed by atoms with Gasteiger partial charge in [-0.05, 0) is 18.6 Å². The van der Waals surface area contributed by atoms with Crippen LogP contribution in [-0.4, -0.2) is 38.7 Å². The van der Waals surface area contributed by atoms with Gasteiger partial charge in [0.1, 0.15) is 11.5 Å². The topological polar surface area (TPSA) is 83.9 Å². The molecule has 1 atom stereocenters. The molecule has 0 aromatic carbocycles. The number of hydrogen-bond donors (Lipinski definition) is 2. The van der Waals surface area contributed by atoms with Crippen molar-refractivity contribution in [1.29, 1.82) is 0 Å². The minimum Gasteiger partial charge on any atom is -0.492 e. The van der Waals surface area contributed by atoms with Gasteiger partial charge in [0.2, 0.25) is 0 Å². The number of ether oxygens (including phenoxy) is 1. The number of H-pyrrole nitrogens is 1. The number of hydrogen-bond acceptors (Lipinski definition) is 5. The van der Waals surface area contributed by atoms with E-state index in [0.29, 0.717) is 23.4 Å². The maximum atomic E-state index is 12.8. The summed E-state index contributed by atoms with van der Waals surface area (Å²) in [7, 11) is 0. The molecule has 0 spiro atoms. The Morgan fingerprint density at radius 3 is 2.71 bits per heavy atom. The number of aliphatic hydroxyl groups is 1. The molecule has 2 aromatic rings. The van der Waals surface area contributed by atoms with Gasteiger partial charge < -0.3 is 9.84 Å². The Morgan fingerprint density at radius 2 is 2.17 bits per heavy atom. The number of aromatic amines is 1. The second kappa shape index (κ2) is 7.00. The van der Waals surface area contributed by atoms with E-state index in [9.17, 15) is 18.3 Å². The van der Waals surface area contributed by atoms with Crippen LogP contribution in [0.2, 0.25) is 0 Å². The van der Waals surface area contributed by atoms with E-state index in [1.807, 2.05) is 0 Å². The number of halogens is 3. The van der Waals surface area contributed by atoms with Crippen LogP contribution in [0.4, 0.5) is 13.2 Å². The second-order valence-electron chi connectivity index (χ2n) is 5.12. The van der Waals surface area contributed by atoms with Crippen LogP contribution >= 0.6 is 0 Å². The van der Waals surface area contributed by atoms with Gasteiger partial charge in [0.05, 0.1) is 18.5 Å². The first-order chi connectivity index (χ1) is 11.3. The minimum absolute atomic E-state index is 0.123. The van der Waals surface area contributed by atoms with E-state index in [0.717, 1.165) is 6.07 Å². The van der Waals surface area contributed by atoms with Crippen molar-refractivity contribution in [2.45, 2.75) is 25.9 Å². The molecule has 2 aromatic heterocycles. The van der Waals surface area contributed by atoms with Crippen molar-refractivity contribution in [3.63, 3.8) is 0 Å². The molecule has 130 valence electrons. The average Bonchev–Trinajstić information content (AvgIpc) is 3.03. The number of nitrogens with one attached hydrogen (secondary N) is 1. The number of alkyl halides is 3. The number of nitrogens with zero attached hydrogens (tertiary/aromatic N) is 3. The summed E-state index contributed by atoms with van der Waals surface area (Å²) in [5, 5.41) is 22.9. The molecule has 2 N–H and O–H groups in total. The third kappa shape index (κ3) is 3.56. The number of aliphatic hydroxyl groups excluding tert-OH is 1. The van der Waals surface area contributed by atoms with Crippen LogP contribution in [0.5, 0.6) is 0 Å². The molecular weight excluding hydrogens is 325 g/mol. The van der Waals surface area contributed by atoms with Gasteiger partial charge in [-0.2, -0.15) is 23.4 Å². The molecule has 0 aliphatic rings. The van der Waals surface area contributed by atoms with E-state index in [2.05, 4.69) is 27.0 Å². The number of aromatic nitrogens is 4. The lowest BCUT2D eigenvalue weighted by Crippen LogP contribution is -2.10. The third-order valence-corrected chi connectivity index (χ3v) is 3.40. The normalized spacial score (nSPS) is 12.9. The summed E-state index contributed by atoms with van der Waals surface area (Å²) >= 11 is 0. The molecular formula is C15H17F3N4O2. The van der Waals surface area contributed by atoms with Crippen LogP contribution in [-0.2, 0) is 10.9 Å². The van der Waals surface area contributed by atoms with E-state index in [1.54, 1.807) is 13.8 Å². The molecule has 6 nitrogen and oxygen atoms in total. The highest BCUT2D eigenvalue weighted by atomic mass is 19.4. The Hall–Kier alpha value is -2.42. The van der Waals surface area contributed by atoms with Crippen molar-refractivity contribution < 1.29 is 23.0 Å². The molecule has 0 saturated heterocycles. The highest BCUT2D eigenvalue weighted by Gasteiger charge is 2.34. The van der Waals surface area contributed by atoms with E-state index in [4.69, 9.17) is 4.74 Å². The second-order valence-corrected chi connectivity index (χ2v) is 5.12. The van der Waals surface area contributed by atoms with Gasteiger partial charge in [0.25, 0.3) is 0 Å². The quantitative estimate of drug-likeness (QED) is 0.789. The fourth-order valence-corrected chi connectivity index (χ4v) is 2.25. The molecule has 2 heterocycles. The molecule has 9 heteroatoms. The summed E-state index contributed by atoms with van der Waals surface area (Å²) in [5.74, 6) is -0.182. The summed E-state index contributed by atoms with van der Waals surface area (Å²) in [6.07, 6.45) is -3.24. The Bertz CT molecular complexity index is 728. The highest BCUT2D eigenvalue weighted by molar-refractivity contribution is 5.71. The van der Waals surface area contributed by atoms with E-state index >= 15 is 0 Å². The Balaban J connectivity index is 2.59. The number of rotatable bonds is 6. The van der Waals surface area contributed by atoms with E-state index in [1.165, 1.54) is 6.20 Å². The van der Waals surface area contributed by atoms with Crippen LogP contribution in [0.3, 0.4) is 0 Å². The first kappa shape index (κ1) is 17.9. The molecule has 0 saturated carbocycles. The lowest BCUT2D eigenvalue weighted by molar-refractivity contribution is -0.141. The molecule has 0 fully saturated rings. The molecule has 1 unspecified atom stereocenters. The molecule has 0 aliphatic heterocycles. The van der Waals surface area contributed by atoms with Gasteiger partial charge in [-0.25, -0.2) is 0 Å². The van der Waals surface area contributed by atoms with Gasteiger partial charge >= 0.3 is 6.18 Å². The van der Waals surface area contributed by atoms with E-state index in [-0.39, 0.29) is 18.1 Å². The molecule has 0 bridgehead atoms. The molecule has 24 heavy (non-hydrogen) atoms. The fraction of sp³-hybridized carbons (Fsp3) is 0.400. The van der Waals surface area contributed by atoms with Gasteiger partial charge in [-0.15, -0.1) is 5.10 Å². The van der Waals surface area contributed by atoms with Gasteiger partial charge in [-0.1, -0.05) is 13.5 Å². The van der Waals surface area contributed by atoms with Crippen molar-refractivity contribution >= 4 is 5.76 Å². The Kier molecular flexibility index (Phi) is 5.23. The van der Waals surface area contributed by atoms with Crippen molar-refractivity contribution in [2.75, 3.05) is 13.2 Å². The zero-order valence-corrected chi connectivity index (χ0v) is 13.2. The van der Waals surface area contributed by atoms with Crippen molar-refractivity contribution in [3.8, 4) is 11.3 Å². The first-order valence-electron chi connectivity index (χ1n) is 7.21. The Labute approximate surface area is 136 Å². The predicted molar refractivity (Wildman–Crippen MR) is 80.8 cm³/mol. The average molecular weight is 342 g/mol. The summed E-state index contributed by atoms with van der Waals surface area (Å²) in [6, 6.07) is 0.887. The highest BCUT2D eigenvalue weighted by Crippen LogP contribution is 2.35. The maximum Gasteiger partial charge on any atom is 0.435 e. The van der Waals surface area contributed by atoms with Crippen LogP contribution in [0, 0.1) is 0 Å². The minimum atomic E-state index is -4.56. The third-order valence-electron chi connectivity index (χ3n) is 3.40. The lowest BCUT2D eigenvalue weighted by Gasteiger charge is -2.18. The first-order valence-corrected chi connectivity index (χ1v) is 7.21. The van der Waals surface area contributed by atoms with Crippen LogP contribution in [0.25, 0.3) is 17.0 Å². The summed E-state index contributed by atoms with van der Waals surface area (Å²) < 4.78 is 43.6. The van der Waals surface area contributed by atoms with Gasteiger partial charge in [0, 0.05) is 18.1 Å². The smallest absolute Gasteiger partial charge is 0.435 e. The van der Waals surface area contributed by atoms with Crippen molar-refractivity contribution in [1.82, 2.24) is 20.4 Å². The van der Waals surface area contributed by atoms with Crippen LogP contribution < -0.4 is 0 Å². The van der Waals surface area contributed by atoms with Crippen molar-refractivity contribution in [3.05, 3.63) is 35.8 Å². The van der Waals surface area contributed by atoms with Gasteiger partial charge in [0.15, 0.2) is 5.69 Å². The van der Waals surface area contributed by atoms with Crippen LogP contribution in [0.15, 0.2) is 18.8 Å². The van der Waals surface area contributed by atoms with E-state index < -0.39 is 17.8 Å². The predicted octanol–water partition coefficient (Wildman–Crippen LogP) is 2.99. The largest absolute Gasteiger partial charge is 0.492 e. The summed E-state index contributed by atoms with van der Waals surface area (Å²) in [4.78, 5) is 0. The Morgan fingerprint density at radius 1 is 1.46 bits per heavy atom. The zero-order valence-electron chi connectivity index (χ0n) is 13.2. The molecule has 0 radical (unpaired) electrons. The van der Waals surface area contributed by atoms with Gasteiger partial charge in [-0.3, -0.25) is 5.10 Å². The lowest BCUT2D eigenvalue weighted by atomic mass is 9.93. The molecule has 2 rings (SSSR count).